The molecule has 6 nitrogen and oxygen atoms in total. The maximum Gasteiger partial charge on any atom is 0.262 e. The Morgan fingerprint density at radius 3 is 2.45 bits per heavy atom. The minimum absolute atomic E-state index is 0.241. The molecule has 0 unspecified atom stereocenters. The van der Waals surface area contributed by atoms with Crippen molar-refractivity contribution in [3.05, 3.63) is 63.9 Å². The number of H-pyrrole nitrogens is 1. The predicted molar refractivity (Wildman–Crippen MR) is 116 cm³/mol. The molecule has 0 fully saturated rings. The Kier molecular flexibility index (Phi) is 4.28. The molecule has 2 aromatic carbocycles. The van der Waals surface area contributed by atoms with E-state index in [9.17, 15) is 4.79 Å². The van der Waals surface area contributed by atoms with Crippen molar-refractivity contribution in [1.29, 1.82) is 0 Å². The normalized spacial score (nSPS) is 11.7. The lowest BCUT2D eigenvalue weighted by atomic mass is 10.2. The molecule has 144 valence electrons. The van der Waals surface area contributed by atoms with E-state index in [0.29, 0.717) is 45.2 Å². The molecule has 0 saturated heterocycles. The van der Waals surface area contributed by atoms with Gasteiger partial charge in [-0.15, -0.1) is 0 Å². The van der Waals surface area contributed by atoms with Gasteiger partial charge in [-0.1, -0.05) is 49.2 Å². The van der Waals surface area contributed by atoms with Crippen molar-refractivity contribution in [3.63, 3.8) is 0 Å². The number of para-hydroxylation sites is 2. The standard InChI is InChI=1S/C22H18ClN5O/c1-2-3-12-28-20-17(18-21(28)25-16-11-7-6-10-15(16)24-18)22(29)27-19(26-20)13-8-4-5-9-14(13)23/h4-11H,2-3,12H2,1H3,(H,26,27,29). The van der Waals surface area contributed by atoms with Gasteiger partial charge >= 0.3 is 0 Å². The number of hydrogen-bond acceptors (Lipinski definition) is 4. The summed E-state index contributed by atoms with van der Waals surface area (Å²) >= 11 is 6.34. The molecule has 0 aliphatic carbocycles. The molecule has 0 bridgehead atoms. The molecule has 29 heavy (non-hydrogen) atoms. The van der Waals surface area contributed by atoms with Crippen LogP contribution in [-0.2, 0) is 6.54 Å². The number of halogens is 1. The van der Waals surface area contributed by atoms with Crippen LogP contribution in [0.1, 0.15) is 19.8 Å². The zero-order valence-corrected chi connectivity index (χ0v) is 16.6. The Morgan fingerprint density at radius 1 is 0.966 bits per heavy atom. The second kappa shape index (κ2) is 6.97. The lowest BCUT2D eigenvalue weighted by molar-refractivity contribution is 0.657. The van der Waals surface area contributed by atoms with Crippen molar-refractivity contribution in [2.24, 2.45) is 0 Å². The van der Waals surface area contributed by atoms with Gasteiger partial charge in [0, 0.05) is 12.1 Å². The summed E-state index contributed by atoms with van der Waals surface area (Å²) in [5.41, 5.74) is 3.84. The fourth-order valence-electron chi connectivity index (χ4n) is 3.63. The number of nitrogens with zero attached hydrogens (tertiary/aromatic N) is 4. The molecule has 0 aliphatic heterocycles. The predicted octanol–water partition coefficient (Wildman–Crippen LogP) is 4.94. The SMILES string of the molecule is CCCCn1c2nc3ccccc3nc2c2c(=O)[nH]c(-c3ccccc3Cl)nc21. The number of benzene rings is 2. The lowest BCUT2D eigenvalue weighted by Gasteiger charge is -2.07. The van der Waals surface area contributed by atoms with Crippen molar-refractivity contribution in [2.75, 3.05) is 0 Å². The molecule has 0 radical (unpaired) electrons. The fraction of sp³-hybridized carbons (Fsp3) is 0.182. The first kappa shape index (κ1) is 17.8. The average Bonchev–Trinajstić information content (AvgIpc) is 3.03. The van der Waals surface area contributed by atoms with E-state index in [2.05, 4.69) is 11.9 Å². The third-order valence-corrected chi connectivity index (χ3v) is 5.39. The van der Waals surface area contributed by atoms with E-state index in [1.54, 1.807) is 6.07 Å². The Hall–Kier alpha value is -3.25. The molecule has 1 N–H and O–H groups in total. The van der Waals surface area contributed by atoms with Crippen molar-refractivity contribution in [3.8, 4) is 11.4 Å². The molecule has 0 spiro atoms. The van der Waals surface area contributed by atoms with E-state index < -0.39 is 0 Å². The van der Waals surface area contributed by atoms with E-state index in [-0.39, 0.29) is 5.56 Å². The van der Waals surface area contributed by atoms with Gasteiger partial charge in [0.15, 0.2) is 11.3 Å². The first-order valence-electron chi connectivity index (χ1n) is 9.61. The highest BCUT2D eigenvalue weighted by Gasteiger charge is 2.20. The first-order chi connectivity index (χ1) is 14.2. The van der Waals surface area contributed by atoms with Gasteiger partial charge in [-0.3, -0.25) is 4.79 Å². The van der Waals surface area contributed by atoms with Gasteiger partial charge in [-0.2, -0.15) is 0 Å². The molecule has 7 heteroatoms. The summed E-state index contributed by atoms with van der Waals surface area (Å²) in [7, 11) is 0. The fourth-order valence-corrected chi connectivity index (χ4v) is 3.85. The van der Waals surface area contributed by atoms with Gasteiger partial charge in [0.2, 0.25) is 0 Å². The van der Waals surface area contributed by atoms with Crippen LogP contribution in [0.15, 0.2) is 53.3 Å². The zero-order valence-electron chi connectivity index (χ0n) is 15.8. The number of aromatic nitrogens is 5. The van der Waals surface area contributed by atoms with Crippen LogP contribution in [0.5, 0.6) is 0 Å². The first-order valence-corrected chi connectivity index (χ1v) is 9.99. The molecule has 0 amide bonds. The van der Waals surface area contributed by atoms with E-state index in [0.717, 1.165) is 23.9 Å². The topological polar surface area (TPSA) is 76.5 Å². The minimum Gasteiger partial charge on any atom is -0.308 e. The van der Waals surface area contributed by atoms with Crippen LogP contribution in [-0.4, -0.2) is 24.5 Å². The van der Waals surface area contributed by atoms with Crippen LogP contribution >= 0.6 is 11.6 Å². The second-order valence-corrected chi connectivity index (χ2v) is 7.39. The van der Waals surface area contributed by atoms with Crippen LogP contribution in [0.2, 0.25) is 5.02 Å². The highest BCUT2D eigenvalue weighted by atomic mass is 35.5. The van der Waals surface area contributed by atoms with Gasteiger partial charge in [0.25, 0.3) is 5.56 Å². The van der Waals surface area contributed by atoms with Crippen LogP contribution in [0.3, 0.4) is 0 Å². The Bertz CT molecular complexity index is 1440. The molecule has 3 aromatic heterocycles. The van der Waals surface area contributed by atoms with Gasteiger partial charge < -0.3 is 9.55 Å². The van der Waals surface area contributed by atoms with Crippen LogP contribution < -0.4 is 5.56 Å². The maximum atomic E-state index is 13.1. The van der Waals surface area contributed by atoms with Gasteiger partial charge in [-0.05, 0) is 30.7 Å². The molecular formula is C22H18ClN5O. The molecular weight excluding hydrogens is 386 g/mol. The summed E-state index contributed by atoms with van der Waals surface area (Å²) < 4.78 is 2.00. The van der Waals surface area contributed by atoms with Gasteiger partial charge in [0.05, 0.1) is 16.1 Å². The van der Waals surface area contributed by atoms with Crippen LogP contribution in [0.4, 0.5) is 0 Å². The lowest BCUT2D eigenvalue weighted by Crippen LogP contribution is -2.11. The number of hydrogen-bond donors (Lipinski definition) is 1. The number of aryl methyl sites for hydroxylation is 1. The summed E-state index contributed by atoms with van der Waals surface area (Å²) in [5, 5.41) is 0.998. The number of nitrogens with one attached hydrogen (secondary N) is 1. The molecule has 0 aliphatic rings. The number of fused-ring (bicyclic) bond motifs is 4. The van der Waals surface area contributed by atoms with E-state index in [1.807, 2.05) is 47.0 Å². The van der Waals surface area contributed by atoms with Crippen molar-refractivity contribution >= 4 is 44.8 Å². The molecule has 5 aromatic rings. The van der Waals surface area contributed by atoms with Crippen LogP contribution in [0.25, 0.3) is 44.6 Å². The third kappa shape index (κ3) is 2.87. The summed E-state index contributed by atoms with van der Waals surface area (Å²) in [6.45, 7) is 2.84. The maximum absolute atomic E-state index is 13.1. The van der Waals surface area contributed by atoms with E-state index in [1.165, 1.54) is 0 Å². The number of aromatic amines is 1. The Labute approximate surface area is 171 Å². The Morgan fingerprint density at radius 2 is 1.69 bits per heavy atom. The zero-order chi connectivity index (χ0) is 20.0. The number of unbranched alkanes of at least 4 members (excludes halogenated alkanes) is 1. The minimum atomic E-state index is -0.241. The molecule has 3 heterocycles. The van der Waals surface area contributed by atoms with Crippen molar-refractivity contribution in [1.82, 2.24) is 24.5 Å². The molecule has 5 rings (SSSR count). The highest BCUT2D eigenvalue weighted by molar-refractivity contribution is 6.33. The van der Waals surface area contributed by atoms with E-state index >= 15 is 0 Å². The van der Waals surface area contributed by atoms with Crippen LogP contribution in [0, 0.1) is 0 Å². The smallest absolute Gasteiger partial charge is 0.262 e. The highest BCUT2D eigenvalue weighted by Crippen LogP contribution is 2.29. The quantitative estimate of drug-likeness (QED) is 0.461. The Balaban J connectivity index is 1.89. The van der Waals surface area contributed by atoms with E-state index in [4.69, 9.17) is 26.6 Å². The third-order valence-electron chi connectivity index (χ3n) is 5.06. The number of rotatable bonds is 4. The molecule has 0 saturated carbocycles. The second-order valence-electron chi connectivity index (χ2n) is 6.98. The average molecular weight is 404 g/mol. The summed E-state index contributed by atoms with van der Waals surface area (Å²) in [4.78, 5) is 30.3. The molecule has 0 atom stereocenters. The van der Waals surface area contributed by atoms with Gasteiger partial charge in [-0.25, -0.2) is 15.0 Å². The summed E-state index contributed by atoms with van der Waals surface area (Å²) in [6.07, 6.45) is 1.96. The largest absolute Gasteiger partial charge is 0.308 e. The summed E-state index contributed by atoms with van der Waals surface area (Å²) in [6, 6.07) is 15.0. The van der Waals surface area contributed by atoms with Crippen molar-refractivity contribution in [2.45, 2.75) is 26.3 Å². The monoisotopic (exact) mass is 403 g/mol. The van der Waals surface area contributed by atoms with Crippen molar-refractivity contribution < 1.29 is 0 Å². The van der Waals surface area contributed by atoms with Gasteiger partial charge in [0.1, 0.15) is 16.7 Å². The summed E-state index contributed by atoms with van der Waals surface area (Å²) in [5.74, 6) is 0.443.